The number of hydrogen-bond donors (Lipinski definition) is 0. The molecule has 0 aromatic carbocycles. The van der Waals surface area contributed by atoms with E-state index in [1.165, 1.54) is 13.1 Å². The summed E-state index contributed by atoms with van der Waals surface area (Å²) in [6.07, 6.45) is 2.02. The Bertz CT molecular complexity index is 303. The molecule has 2 aliphatic heterocycles. The van der Waals surface area contributed by atoms with Gasteiger partial charge in [0.05, 0.1) is 0 Å². The Hall–Kier alpha value is -0.480. The summed E-state index contributed by atoms with van der Waals surface area (Å²) in [5.74, 6) is 0.855. The normalized spacial score (nSPS) is 22.6. The van der Waals surface area contributed by atoms with Crippen LogP contribution in [0.2, 0.25) is 0 Å². The van der Waals surface area contributed by atoms with Crippen LogP contribution in [0.15, 0.2) is 0 Å². The number of piperidine rings is 1. The highest BCUT2D eigenvalue weighted by Gasteiger charge is 2.33. The van der Waals surface area contributed by atoms with Gasteiger partial charge in [0.15, 0.2) is 0 Å². The Kier molecular flexibility index (Phi) is 5.51. The minimum absolute atomic E-state index is 0. The van der Waals surface area contributed by atoms with E-state index in [9.17, 15) is 4.79 Å². The average molecular weight is 291 g/mol. The van der Waals surface area contributed by atoms with E-state index in [1.807, 2.05) is 25.7 Å². The van der Waals surface area contributed by atoms with Gasteiger partial charge >= 0.3 is 6.09 Å². The highest BCUT2D eigenvalue weighted by Crippen LogP contribution is 2.25. The second-order valence-corrected chi connectivity index (χ2v) is 6.76. The van der Waals surface area contributed by atoms with Crippen LogP contribution in [0.5, 0.6) is 0 Å². The van der Waals surface area contributed by atoms with E-state index >= 15 is 0 Å². The molecule has 0 atom stereocenters. The second kappa shape index (κ2) is 6.31. The molecule has 0 aromatic heterocycles. The van der Waals surface area contributed by atoms with Crippen LogP contribution in [0, 0.1) is 5.92 Å². The van der Waals surface area contributed by atoms with Gasteiger partial charge in [-0.15, -0.1) is 12.4 Å². The number of halogens is 1. The quantitative estimate of drug-likeness (QED) is 0.744. The van der Waals surface area contributed by atoms with Crippen LogP contribution in [0.1, 0.15) is 40.5 Å². The Labute approximate surface area is 122 Å². The summed E-state index contributed by atoms with van der Waals surface area (Å²) < 4.78 is 5.40. The number of hydrogen-bond acceptors (Lipinski definition) is 3. The predicted octanol–water partition coefficient (Wildman–Crippen LogP) is 2.76. The summed E-state index contributed by atoms with van der Waals surface area (Å²) in [4.78, 5) is 16.3. The fraction of sp³-hybridized carbons (Fsp3) is 0.929. The fourth-order valence-corrected chi connectivity index (χ4v) is 2.79. The molecule has 2 aliphatic rings. The number of rotatable bonds is 1. The first-order chi connectivity index (χ1) is 8.35. The molecule has 0 saturated carbocycles. The van der Waals surface area contributed by atoms with Crippen molar-refractivity contribution in [1.82, 2.24) is 9.80 Å². The van der Waals surface area contributed by atoms with Crippen LogP contribution in [0.3, 0.4) is 0 Å². The third-order valence-electron chi connectivity index (χ3n) is 3.72. The van der Waals surface area contributed by atoms with Crippen molar-refractivity contribution in [2.24, 2.45) is 5.92 Å². The van der Waals surface area contributed by atoms with Crippen molar-refractivity contribution in [3.63, 3.8) is 0 Å². The third-order valence-corrected chi connectivity index (χ3v) is 3.72. The van der Waals surface area contributed by atoms with Crippen LogP contribution >= 0.6 is 12.4 Å². The van der Waals surface area contributed by atoms with Gasteiger partial charge in [-0.05, 0) is 39.5 Å². The van der Waals surface area contributed by atoms with Gasteiger partial charge in [-0.2, -0.15) is 0 Å². The van der Waals surface area contributed by atoms with Crippen LogP contribution in [0.4, 0.5) is 4.79 Å². The Morgan fingerprint density at radius 3 is 2.11 bits per heavy atom. The summed E-state index contributed by atoms with van der Waals surface area (Å²) in [5.41, 5.74) is -0.388. The van der Waals surface area contributed by atoms with Crippen LogP contribution in [0.25, 0.3) is 0 Å². The molecule has 1 amide bonds. The lowest BCUT2D eigenvalue weighted by Gasteiger charge is -2.46. The van der Waals surface area contributed by atoms with E-state index in [0.29, 0.717) is 6.04 Å². The first-order valence-electron chi connectivity index (χ1n) is 7.07. The molecular formula is C14H27ClN2O2. The van der Waals surface area contributed by atoms with Crippen LogP contribution < -0.4 is 0 Å². The molecule has 19 heavy (non-hydrogen) atoms. The van der Waals surface area contributed by atoms with Gasteiger partial charge in [0.25, 0.3) is 0 Å². The zero-order chi connectivity index (χ0) is 13.3. The highest BCUT2D eigenvalue weighted by atomic mass is 35.5. The summed E-state index contributed by atoms with van der Waals surface area (Å²) >= 11 is 0. The van der Waals surface area contributed by atoms with E-state index in [2.05, 4.69) is 11.8 Å². The molecule has 0 N–H and O–H groups in total. The maximum absolute atomic E-state index is 11.9. The molecule has 2 fully saturated rings. The Morgan fingerprint density at radius 2 is 1.68 bits per heavy atom. The van der Waals surface area contributed by atoms with Gasteiger partial charge in [0.2, 0.25) is 0 Å². The molecule has 2 rings (SSSR count). The smallest absolute Gasteiger partial charge is 0.410 e. The largest absolute Gasteiger partial charge is 0.444 e. The molecule has 0 bridgehead atoms. The predicted molar refractivity (Wildman–Crippen MR) is 78.8 cm³/mol. The highest BCUT2D eigenvalue weighted by molar-refractivity contribution is 5.85. The van der Waals surface area contributed by atoms with Gasteiger partial charge < -0.3 is 9.64 Å². The number of nitrogens with zero attached hydrogens (tertiary/aromatic N) is 2. The van der Waals surface area contributed by atoms with E-state index in [-0.39, 0.29) is 24.1 Å². The number of ether oxygens (including phenoxy) is 1. The van der Waals surface area contributed by atoms with Crippen molar-refractivity contribution < 1.29 is 9.53 Å². The Balaban J connectivity index is 0.00000180. The second-order valence-electron chi connectivity index (χ2n) is 6.76. The van der Waals surface area contributed by atoms with Gasteiger partial charge in [-0.1, -0.05) is 6.92 Å². The van der Waals surface area contributed by atoms with Crippen molar-refractivity contribution >= 4 is 18.5 Å². The van der Waals surface area contributed by atoms with Crippen molar-refractivity contribution in [2.75, 3.05) is 26.2 Å². The first-order valence-corrected chi connectivity index (χ1v) is 7.07. The molecule has 0 unspecified atom stereocenters. The lowest BCUT2D eigenvalue weighted by molar-refractivity contribution is 0.0000594. The minimum atomic E-state index is -0.388. The van der Waals surface area contributed by atoms with E-state index in [1.54, 1.807) is 0 Å². The fourth-order valence-electron chi connectivity index (χ4n) is 2.79. The zero-order valence-electron chi connectivity index (χ0n) is 12.5. The van der Waals surface area contributed by atoms with Gasteiger partial charge in [0.1, 0.15) is 5.60 Å². The van der Waals surface area contributed by atoms with Gasteiger partial charge in [0, 0.05) is 32.2 Å². The topological polar surface area (TPSA) is 32.8 Å². The van der Waals surface area contributed by atoms with Crippen LogP contribution in [-0.4, -0.2) is 53.7 Å². The molecule has 0 aromatic rings. The Morgan fingerprint density at radius 1 is 1.16 bits per heavy atom. The summed E-state index contributed by atoms with van der Waals surface area (Å²) in [6.45, 7) is 12.2. The average Bonchev–Trinajstić information content (AvgIpc) is 2.23. The summed E-state index contributed by atoms with van der Waals surface area (Å²) in [7, 11) is 0. The maximum atomic E-state index is 11.9. The van der Waals surface area contributed by atoms with E-state index < -0.39 is 0 Å². The molecule has 4 nitrogen and oxygen atoms in total. The van der Waals surface area contributed by atoms with Gasteiger partial charge in [-0.25, -0.2) is 4.79 Å². The standard InChI is InChI=1S/C14H26N2O2.ClH/c1-11-9-16(10-11)12-5-7-15(8-6-12)13(17)18-14(2,3)4;/h11-12H,5-10H2,1-4H3;1H. The number of amides is 1. The number of carbonyl (C=O) groups excluding carboxylic acids is 1. The molecule has 2 heterocycles. The minimum Gasteiger partial charge on any atom is -0.444 e. The molecule has 5 heteroatoms. The molecule has 112 valence electrons. The van der Waals surface area contributed by atoms with Crippen molar-refractivity contribution in [3.8, 4) is 0 Å². The first kappa shape index (κ1) is 16.6. The number of likely N-dealkylation sites (tertiary alicyclic amines) is 2. The lowest BCUT2D eigenvalue weighted by Crippen LogP contribution is -2.55. The van der Waals surface area contributed by atoms with Crippen molar-refractivity contribution in [3.05, 3.63) is 0 Å². The van der Waals surface area contributed by atoms with E-state index in [4.69, 9.17) is 4.74 Å². The molecule has 0 radical (unpaired) electrons. The van der Waals surface area contributed by atoms with Crippen molar-refractivity contribution in [2.45, 2.75) is 52.2 Å². The zero-order valence-corrected chi connectivity index (χ0v) is 13.3. The van der Waals surface area contributed by atoms with Crippen LogP contribution in [-0.2, 0) is 4.74 Å². The molecule has 2 saturated heterocycles. The van der Waals surface area contributed by atoms with E-state index in [0.717, 1.165) is 31.8 Å². The monoisotopic (exact) mass is 290 g/mol. The lowest BCUT2D eigenvalue weighted by atomic mass is 9.95. The molecule has 0 spiro atoms. The summed E-state index contributed by atoms with van der Waals surface area (Å²) in [5, 5.41) is 0. The molecular weight excluding hydrogens is 264 g/mol. The number of carbonyl (C=O) groups is 1. The third kappa shape index (κ3) is 4.53. The van der Waals surface area contributed by atoms with Gasteiger partial charge in [-0.3, -0.25) is 4.90 Å². The maximum Gasteiger partial charge on any atom is 0.410 e. The summed E-state index contributed by atoms with van der Waals surface area (Å²) in [6, 6.07) is 0.680. The van der Waals surface area contributed by atoms with Crippen molar-refractivity contribution in [1.29, 1.82) is 0 Å². The SMILES string of the molecule is CC1CN(C2CCN(C(=O)OC(C)(C)C)CC2)C1.Cl. The molecule has 0 aliphatic carbocycles.